The van der Waals surface area contributed by atoms with Gasteiger partial charge >= 0.3 is 5.97 Å². The van der Waals surface area contributed by atoms with Gasteiger partial charge in [0.2, 0.25) is 5.76 Å². The standard InChI is InChI=1S/C12H19NO4/c1-3-13(6-8-16-4-2)9-10-5-7-17-11(10)12(14)15/h5,7H,3-4,6,8-9H2,1-2H3,(H,14,15). The van der Waals surface area contributed by atoms with E-state index in [-0.39, 0.29) is 5.76 Å². The van der Waals surface area contributed by atoms with Gasteiger partial charge in [-0.3, -0.25) is 4.90 Å². The smallest absolute Gasteiger partial charge is 0.372 e. The molecule has 1 heterocycles. The molecule has 0 spiro atoms. The monoisotopic (exact) mass is 241 g/mol. The van der Waals surface area contributed by atoms with Crippen LogP contribution in [0.3, 0.4) is 0 Å². The summed E-state index contributed by atoms with van der Waals surface area (Å²) in [5, 5.41) is 8.92. The molecule has 1 N–H and O–H groups in total. The number of aromatic carboxylic acids is 1. The van der Waals surface area contributed by atoms with Crippen molar-refractivity contribution in [1.82, 2.24) is 4.90 Å². The summed E-state index contributed by atoms with van der Waals surface area (Å²) < 4.78 is 10.2. The van der Waals surface area contributed by atoms with E-state index in [2.05, 4.69) is 4.90 Å². The number of carbonyl (C=O) groups is 1. The van der Waals surface area contributed by atoms with E-state index in [1.54, 1.807) is 6.07 Å². The Morgan fingerprint density at radius 2 is 2.29 bits per heavy atom. The molecule has 0 aliphatic heterocycles. The maximum absolute atomic E-state index is 10.9. The molecule has 1 rings (SSSR count). The molecule has 0 amide bonds. The molecule has 0 aromatic carbocycles. The average molecular weight is 241 g/mol. The average Bonchev–Trinajstić information content (AvgIpc) is 2.76. The van der Waals surface area contributed by atoms with Crippen LogP contribution in [0.15, 0.2) is 16.7 Å². The summed E-state index contributed by atoms with van der Waals surface area (Å²) in [6, 6.07) is 1.70. The number of rotatable bonds is 8. The third-order valence-electron chi connectivity index (χ3n) is 2.54. The maximum Gasteiger partial charge on any atom is 0.372 e. The van der Waals surface area contributed by atoms with Crippen molar-refractivity contribution < 1.29 is 19.1 Å². The Morgan fingerprint density at radius 3 is 2.88 bits per heavy atom. The Balaban J connectivity index is 2.54. The van der Waals surface area contributed by atoms with Crippen molar-refractivity contribution in [3.63, 3.8) is 0 Å². The Kier molecular flexibility index (Phi) is 5.72. The highest BCUT2D eigenvalue weighted by Gasteiger charge is 2.15. The first kappa shape index (κ1) is 13.7. The molecule has 17 heavy (non-hydrogen) atoms. The molecule has 5 heteroatoms. The zero-order valence-corrected chi connectivity index (χ0v) is 10.3. The molecule has 1 aromatic heterocycles. The number of ether oxygens (including phenoxy) is 1. The third-order valence-corrected chi connectivity index (χ3v) is 2.54. The zero-order valence-electron chi connectivity index (χ0n) is 10.3. The lowest BCUT2D eigenvalue weighted by atomic mass is 10.2. The van der Waals surface area contributed by atoms with Gasteiger partial charge in [0.1, 0.15) is 0 Å². The van der Waals surface area contributed by atoms with Gasteiger partial charge in [-0.05, 0) is 19.5 Å². The third kappa shape index (κ3) is 4.20. The first-order valence-electron chi connectivity index (χ1n) is 5.78. The topological polar surface area (TPSA) is 62.9 Å². The van der Waals surface area contributed by atoms with Crippen molar-refractivity contribution in [2.45, 2.75) is 20.4 Å². The van der Waals surface area contributed by atoms with Crippen molar-refractivity contribution in [2.24, 2.45) is 0 Å². The summed E-state index contributed by atoms with van der Waals surface area (Å²) >= 11 is 0. The fraction of sp³-hybridized carbons (Fsp3) is 0.583. The second-order valence-corrected chi connectivity index (χ2v) is 3.65. The number of hydrogen-bond acceptors (Lipinski definition) is 4. The molecular weight excluding hydrogens is 222 g/mol. The minimum absolute atomic E-state index is 0.0276. The van der Waals surface area contributed by atoms with Crippen LogP contribution in [0.2, 0.25) is 0 Å². The summed E-state index contributed by atoms with van der Waals surface area (Å²) in [5.74, 6) is -0.995. The predicted molar refractivity (Wildman–Crippen MR) is 63.1 cm³/mol. The summed E-state index contributed by atoms with van der Waals surface area (Å²) in [6.45, 7) is 7.54. The van der Waals surface area contributed by atoms with Crippen LogP contribution in [0.25, 0.3) is 0 Å². The van der Waals surface area contributed by atoms with Gasteiger partial charge in [-0.25, -0.2) is 4.79 Å². The molecular formula is C12H19NO4. The van der Waals surface area contributed by atoms with Crippen LogP contribution in [-0.2, 0) is 11.3 Å². The molecule has 0 unspecified atom stereocenters. The number of nitrogens with zero attached hydrogens (tertiary/aromatic N) is 1. The van der Waals surface area contributed by atoms with Crippen molar-refractivity contribution in [2.75, 3.05) is 26.3 Å². The largest absolute Gasteiger partial charge is 0.475 e. The number of likely N-dealkylation sites (N-methyl/N-ethyl adjacent to an activating group) is 1. The van der Waals surface area contributed by atoms with E-state index in [1.165, 1.54) is 6.26 Å². The van der Waals surface area contributed by atoms with Crippen molar-refractivity contribution in [1.29, 1.82) is 0 Å². The Morgan fingerprint density at radius 1 is 1.53 bits per heavy atom. The van der Waals surface area contributed by atoms with Crippen LogP contribution in [0.5, 0.6) is 0 Å². The first-order chi connectivity index (χ1) is 8.19. The van der Waals surface area contributed by atoms with E-state index >= 15 is 0 Å². The Labute approximate surface area is 101 Å². The number of furan rings is 1. The number of hydrogen-bond donors (Lipinski definition) is 1. The van der Waals surface area contributed by atoms with Crippen LogP contribution < -0.4 is 0 Å². The minimum Gasteiger partial charge on any atom is -0.475 e. The van der Waals surface area contributed by atoms with Gasteiger partial charge in [-0.1, -0.05) is 6.92 Å². The fourth-order valence-corrected chi connectivity index (χ4v) is 1.58. The van der Waals surface area contributed by atoms with Gasteiger partial charge in [0.15, 0.2) is 0 Å². The predicted octanol–water partition coefficient (Wildman–Crippen LogP) is 1.84. The van der Waals surface area contributed by atoms with Crippen LogP contribution in [0, 0.1) is 0 Å². The SMILES string of the molecule is CCOCCN(CC)Cc1ccoc1C(=O)O. The molecule has 0 aliphatic carbocycles. The Bertz CT molecular complexity index is 348. The van der Waals surface area contributed by atoms with Gasteiger partial charge in [-0.2, -0.15) is 0 Å². The fourth-order valence-electron chi connectivity index (χ4n) is 1.58. The van der Waals surface area contributed by atoms with E-state index in [1.807, 2.05) is 13.8 Å². The summed E-state index contributed by atoms with van der Waals surface area (Å²) in [6.07, 6.45) is 1.41. The molecule has 1 aromatic rings. The van der Waals surface area contributed by atoms with Crippen LogP contribution >= 0.6 is 0 Å². The molecule has 0 bridgehead atoms. The van der Waals surface area contributed by atoms with E-state index in [4.69, 9.17) is 14.3 Å². The summed E-state index contributed by atoms with van der Waals surface area (Å²) in [5.41, 5.74) is 0.704. The van der Waals surface area contributed by atoms with Crippen molar-refractivity contribution in [3.05, 3.63) is 23.7 Å². The highest BCUT2D eigenvalue weighted by molar-refractivity contribution is 5.86. The lowest BCUT2D eigenvalue weighted by Gasteiger charge is -2.19. The molecule has 0 atom stereocenters. The van der Waals surface area contributed by atoms with Crippen LogP contribution in [0.1, 0.15) is 30.0 Å². The number of carboxylic acid groups (broad SMARTS) is 1. The van der Waals surface area contributed by atoms with Gasteiger partial charge < -0.3 is 14.3 Å². The van der Waals surface area contributed by atoms with Crippen molar-refractivity contribution in [3.8, 4) is 0 Å². The molecule has 96 valence electrons. The highest BCUT2D eigenvalue weighted by atomic mass is 16.5. The lowest BCUT2D eigenvalue weighted by molar-refractivity contribution is 0.0658. The van der Waals surface area contributed by atoms with E-state index < -0.39 is 5.97 Å². The van der Waals surface area contributed by atoms with E-state index in [0.717, 1.165) is 13.1 Å². The quantitative estimate of drug-likeness (QED) is 0.703. The van der Waals surface area contributed by atoms with Crippen LogP contribution in [0.4, 0.5) is 0 Å². The second-order valence-electron chi connectivity index (χ2n) is 3.65. The normalized spacial score (nSPS) is 11.0. The van der Waals surface area contributed by atoms with Gasteiger partial charge in [0.05, 0.1) is 12.9 Å². The molecule has 0 saturated heterocycles. The van der Waals surface area contributed by atoms with Gasteiger partial charge in [-0.15, -0.1) is 0 Å². The molecule has 0 fully saturated rings. The first-order valence-corrected chi connectivity index (χ1v) is 5.78. The summed E-state index contributed by atoms with van der Waals surface area (Å²) in [4.78, 5) is 13.0. The molecule has 0 radical (unpaired) electrons. The maximum atomic E-state index is 10.9. The zero-order chi connectivity index (χ0) is 12.7. The lowest BCUT2D eigenvalue weighted by Crippen LogP contribution is -2.27. The second kappa shape index (κ2) is 7.09. The number of carboxylic acids is 1. The van der Waals surface area contributed by atoms with E-state index in [9.17, 15) is 4.79 Å². The summed E-state index contributed by atoms with van der Waals surface area (Å²) in [7, 11) is 0. The van der Waals surface area contributed by atoms with Crippen LogP contribution in [-0.4, -0.2) is 42.3 Å². The van der Waals surface area contributed by atoms with E-state index in [0.29, 0.717) is 25.3 Å². The van der Waals surface area contributed by atoms with Gasteiger partial charge in [0.25, 0.3) is 0 Å². The molecule has 0 aliphatic rings. The molecule has 5 nitrogen and oxygen atoms in total. The minimum atomic E-state index is -1.02. The Hall–Kier alpha value is -1.33. The van der Waals surface area contributed by atoms with Crippen molar-refractivity contribution >= 4 is 5.97 Å². The molecule has 0 saturated carbocycles. The van der Waals surface area contributed by atoms with Gasteiger partial charge in [0, 0.05) is 25.3 Å². The highest BCUT2D eigenvalue weighted by Crippen LogP contribution is 2.13.